The standard InChI is InChI=1S/C41H55NO13/c1-19(2)34(43)52-29-30(53-35(44)20(3)4)32(54-36(45)21(5)6)38(55-31(29)37(46)48-11)49-26-15-13-23-24-18-22-12-14-25(50-39(47)40(7,8)9)28-27(22)41(23,33(26)51-28)16-17-42(24)10/h12-15,19-21,23-24,26,29-33,38H,16-18H2,1-11H3/t23-,24+,26-,29-,30-,31-,32+,33-,38+,41-/m0/s1/i10+2. The molecular formula is C41H55NO13. The van der Waals surface area contributed by atoms with Gasteiger partial charge in [0.2, 0.25) is 6.29 Å². The first-order valence-electron chi connectivity index (χ1n) is 19.2. The average Bonchev–Trinajstić information content (AvgIpc) is 3.47. The van der Waals surface area contributed by atoms with Crippen molar-refractivity contribution >= 4 is 29.8 Å². The van der Waals surface area contributed by atoms with Crippen molar-refractivity contribution in [1.29, 1.82) is 0 Å². The molecule has 0 radical (unpaired) electrons. The Morgan fingerprint density at radius 1 is 0.873 bits per heavy atom. The second kappa shape index (κ2) is 15.2. The molecule has 1 spiro atoms. The first kappa shape index (κ1) is 40.6. The van der Waals surface area contributed by atoms with Gasteiger partial charge in [-0.05, 0) is 58.8 Å². The minimum Gasteiger partial charge on any atom is -0.482 e. The monoisotopic (exact) mass is 771 g/mol. The minimum atomic E-state index is -1.63. The van der Waals surface area contributed by atoms with Gasteiger partial charge in [0.05, 0.1) is 30.3 Å². The number of likely N-dealkylation sites (tertiary alicyclic amines) is 1. The molecule has 1 aromatic rings. The third-order valence-corrected chi connectivity index (χ3v) is 11.3. The normalized spacial score (nSPS) is 32.1. The molecule has 0 aromatic heterocycles. The zero-order valence-corrected chi connectivity index (χ0v) is 33.6. The van der Waals surface area contributed by atoms with E-state index in [0.29, 0.717) is 17.9 Å². The zero-order chi connectivity index (χ0) is 40.3. The lowest BCUT2D eigenvalue weighted by atomic mass is 9.53. The van der Waals surface area contributed by atoms with E-state index >= 15 is 0 Å². The van der Waals surface area contributed by atoms with Crippen LogP contribution in [0.15, 0.2) is 24.3 Å². The Hall–Kier alpha value is -4.01. The van der Waals surface area contributed by atoms with Gasteiger partial charge in [-0.15, -0.1) is 0 Å². The number of hydrogen-bond acceptors (Lipinski definition) is 14. The van der Waals surface area contributed by atoms with Crippen LogP contribution in [0.2, 0.25) is 0 Å². The van der Waals surface area contributed by atoms with Crippen molar-refractivity contribution in [2.45, 2.75) is 130 Å². The first-order chi connectivity index (χ1) is 25.8. The van der Waals surface area contributed by atoms with Crippen molar-refractivity contribution in [2.75, 3.05) is 20.7 Å². The summed E-state index contributed by atoms with van der Waals surface area (Å²) in [5.74, 6) is -4.46. The number of hydrogen-bond donors (Lipinski definition) is 0. The van der Waals surface area contributed by atoms with Crippen LogP contribution in [0.4, 0.5) is 0 Å². The summed E-state index contributed by atoms with van der Waals surface area (Å²) in [4.78, 5) is 68.7. The number of nitrogens with zero attached hydrogens (tertiary/aromatic N) is 1. The summed E-state index contributed by atoms with van der Waals surface area (Å²) in [6.45, 7) is 15.9. The van der Waals surface area contributed by atoms with Crippen molar-refractivity contribution in [3.63, 3.8) is 0 Å². The molecule has 0 N–H and O–H groups in total. The summed E-state index contributed by atoms with van der Waals surface area (Å²) in [5, 5.41) is 0. The molecule has 0 amide bonds. The number of likely N-dealkylation sites (N-methyl/N-ethyl adjacent to an activating group) is 1. The SMILES string of the molecule is COC(=O)[C@H]1O[C@@H](O[C@H]2C=C[C@H]3[C@H]4Cc5ccc(OC(=O)C(C)(C)C)c6c5[C@@]3(CCN4[14CH3])[C@H]2O6)[C@H](OC(=O)C(C)C)[C@@H](OC(=O)C(C)C)[C@@H]1OC(=O)C(C)C. The van der Waals surface area contributed by atoms with E-state index in [-0.39, 0.29) is 12.0 Å². The van der Waals surface area contributed by atoms with Gasteiger partial charge in [0.25, 0.3) is 0 Å². The van der Waals surface area contributed by atoms with Gasteiger partial charge in [-0.2, -0.15) is 0 Å². The van der Waals surface area contributed by atoms with Gasteiger partial charge in [0, 0.05) is 22.9 Å². The van der Waals surface area contributed by atoms with Crippen molar-refractivity contribution in [1.82, 2.24) is 4.90 Å². The number of carbonyl (C=O) groups excluding carboxylic acids is 5. The van der Waals surface area contributed by atoms with Crippen LogP contribution in [0.3, 0.4) is 0 Å². The van der Waals surface area contributed by atoms with Crippen molar-refractivity contribution in [2.24, 2.45) is 29.1 Å². The second-order valence-corrected chi connectivity index (χ2v) is 17.3. The lowest BCUT2D eigenvalue weighted by Gasteiger charge is -2.57. The van der Waals surface area contributed by atoms with E-state index in [1.807, 2.05) is 12.1 Å². The van der Waals surface area contributed by atoms with Crippen LogP contribution in [0.25, 0.3) is 0 Å². The Balaban J connectivity index is 1.44. The van der Waals surface area contributed by atoms with E-state index in [1.54, 1.807) is 68.4 Å². The fourth-order valence-electron chi connectivity index (χ4n) is 8.24. The number of carbonyl (C=O) groups is 5. The molecule has 0 saturated carbocycles. The van der Waals surface area contributed by atoms with Crippen LogP contribution in [0.5, 0.6) is 11.5 Å². The van der Waals surface area contributed by atoms with E-state index in [4.69, 9.17) is 37.9 Å². The van der Waals surface area contributed by atoms with Gasteiger partial charge in [0.15, 0.2) is 35.9 Å². The van der Waals surface area contributed by atoms with Crippen molar-refractivity contribution in [3.8, 4) is 11.5 Å². The molecule has 14 nitrogen and oxygen atoms in total. The van der Waals surface area contributed by atoms with Crippen molar-refractivity contribution in [3.05, 3.63) is 35.4 Å². The van der Waals surface area contributed by atoms with Gasteiger partial charge in [0.1, 0.15) is 12.2 Å². The van der Waals surface area contributed by atoms with Gasteiger partial charge in [-0.3, -0.25) is 19.2 Å². The van der Waals surface area contributed by atoms with E-state index in [1.165, 1.54) is 0 Å². The lowest BCUT2D eigenvalue weighted by Crippen LogP contribution is -2.67. The highest BCUT2D eigenvalue weighted by atomic mass is 16.7. The summed E-state index contributed by atoms with van der Waals surface area (Å²) >= 11 is 0. The first-order valence-corrected chi connectivity index (χ1v) is 19.2. The van der Waals surface area contributed by atoms with Crippen LogP contribution in [-0.4, -0.2) is 104 Å². The predicted octanol–water partition coefficient (Wildman–Crippen LogP) is 4.07. The maximum Gasteiger partial charge on any atom is 0.339 e. The van der Waals surface area contributed by atoms with Crippen molar-refractivity contribution < 1.29 is 61.9 Å². The molecule has 10 atom stereocenters. The third-order valence-electron chi connectivity index (χ3n) is 11.3. The maximum absolute atomic E-state index is 13.4. The van der Waals surface area contributed by atoms with Crippen LogP contribution in [0.1, 0.15) is 79.9 Å². The molecule has 2 fully saturated rings. The minimum absolute atomic E-state index is 0.0163. The van der Waals surface area contributed by atoms with Crippen LogP contribution >= 0.6 is 0 Å². The molecule has 55 heavy (non-hydrogen) atoms. The molecule has 2 saturated heterocycles. The van der Waals surface area contributed by atoms with Crippen LogP contribution < -0.4 is 9.47 Å². The topological polar surface area (TPSA) is 162 Å². The fraction of sp³-hybridized carbons (Fsp3) is 0.683. The average molecular weight is 772 g/mol. The van der Waals surface area contributed by atoms with Crippen LogP contribution in [0, 0.1) is 29.1 Å². The van der Waals surface area contributed by atoms with Gasteiger partial charge in [-0.25, -0.2) is 4.79 Å². The molecule has 14 heteroatoms. The molecule has 5 aliphatic rings. The molecular weight excluding hydrogens is 716 g/mol. The highest BCUT2D eigenvalue weighted by Gasteiger charge is 2.66. The van der Waals surface area contributed by atoms with Crippen LogP contribution in [-0.2, 0) is 64.2 Å². The van der Waals surface area contributed by atoms with Gasteiger partial charge < -0.3 is 42.8 Å². The summed E-state index contributed by atoms with van der Waals surface area (Å²) in [6, 6.07) is 3.95. The molecule has 1 aromatic carbocycles. The summed E-state index contributed by atoms with van der Waals surface area (Å²) < 4.78 is 48.9. The number of methoxy groups -OCH3 is 1. The summed E-state index contributed by atoms with van der Waals surface area (Å²) in [5.41, 5.74) is 0.708. The Morgan fingerprint density at radius 3 is 2.05 bits per heavy atom. The highest BCUT2D eigenvalue weighted by molar-refractivity contribution is 5.80. The molecule has 0 unspecified atom stereocenters. The van der Waals surface area contributed by atoms with E-state index in [0.717, 1.165) is 31.2 Å². The number of piperidine rings is 1. The maximum atomic E-state index is 13.4. The highest BCUT2D eigenvalue weighted by Crippen LogP contribution is 2.63. The predicted molar refractivity (Wildman–Crippen MR) is 195 cm³/mol. The molecule has 2 bridgehead atoms. The molecule has 3 aliphatic heterocycles. The van der Waals surface area contributed by atoms with Gasteiger partial charge in [-0.1, -0.05) is 59.8 Å². The Labute approximate surface area is 322 Å². The number of rotatable bonds is 10. The Kier molecular flexibility index (Phi) is 11.2. The van der Waals surface area contributed by atoms with E-state index in [2.05, 4.69) is 18.0 Å². The third kappa shape index (κ3) is 7.25. The summed E-state index contributed by atoms with van der Waals surface area (Å²) in [7, 11) is 3.26. The second-order valence-electron chi connectivity index (χ2n) is 17.3. The molecule has 2 aliphatic carbocycles. The quantitative estimate of drug-likeness (QED) is 0.145. The Bertz CT molecular complexity index is 1730. The van der Waals surface area contributed by atoms with E-state index < -0.39 is 101 Å². The smallest absolute Gasteiger partial charge is 0.339 e. The molecule has 3 heterocycles. The molecule has 6 rings (SSSR count). The largest absolute Gasteiger partial charge is 0.482 e. The van der Waals surface area contributed by atoms with E-state index in [9.17, 15) is 24.0 Å². The lowest BCUT2D eigenvalue weighted by molar-refractivity contribution is -0.314. The number of benzene rings is 1. The fourth-order valence-corrected chi connectivity index (χ4v) is 8.24. The molecule has 302 valence electrons. The number of esters is 5. The number of ether oxygens (including phenoxy) is 8. The zero-order valence-electron chi connectivity index (χ0n) is 33.6. The Morgan fingerprint density at radius 2 is 1.47 bits per heavy atom. The summed E-state index contributed by atoms with van der Waals surface area (Å²) in [6.07, 6.45) is -3.82. The van der Waals surface area contributed by atoms with Gasteiger partial charge >= 0.3 is 29.8 Å².